The fourth-order valence-corrected chi connectivity index (χ4v) is 5.96. The van der Waals surface area contributed by atoms with E-state index in [0.717, 1.165) is 9.21 Å². The van der Waals surface area contributed by atoms with Crippen LogP contribution in [0.5, 0.6) is 5.75 Å². The molecule has 0 bridgehead atoms. The Bertz CT molecular complexity index is 1300. The molecular weight excluding hydrogens is 476 g/mol. The number of halogens is 1. The molecule has 9 heteroatoms. The molecule has 1 fully saturated rings. The summed E-state index contributed by atoms with van der Waals surface area (Å²) in [7, 11) is -2.68. The first kappa shape index (κ1) is 23.9. The summed E-state index contributed by atoms with van der Waals surface area (Å²) >= 11 is 5.94. The molecule has 0 spiro atoms. The second-order valence-corrected chi connectivity index (χ2v) is 10.1. The van der Waals surface area contributed by atoms with Crippen molar-refractivity contribution in [1.82, 2.24) is 4.31 Å². The molecule has 1 heterocycles. The van der Waals surface area contributed by atoms with E-state index in [0.29, 0.717) is 22.0 Å². The summed E-state index contributed by atoms with van der Waals surface area (Å²) < 4.78 is 34.0. The smallest absolute Gasteiger partial charge is 0.252 e. The number of benzene rings is 3. The van der Waals surface area contributed by atoms with Gasteiger partial charge < -0.3 is 4.74 Å². The van der Waals surface area contributed by atoms with E-state index in [-0.39, 0.29) is 11.3 Å². The van der Waals surface area contributed by atoms with Gasteiger partial charge in [0.1, 0.15) is 11.8 Å². The Labute approximate surface area is 203 Å². The summed E-state index contributed by atoms with van der Waals surface area (Å²) in [4.78, 5) is 27.5. The Morgan fingerprint density at radius 3 is 2.18 bits per heavy atom. The van der Waals surface area contributed by atoms with Crippen molar-refractivity contribution < 1.29 is 22.7 Å². The minimum atomic E-state index is -4.17. The van der Waals surface area contributed by atoms with Crippen molar-refractivity contribution in [3.05, 3.63) is 89.4 Å². The van der Waals surface area contributed by atoms with Crippen LogP contribution in [0.1, 0.15) is 24.9 Å². The molecule has 0 saturated carbocycles. The van der Waals surface area contributed by atoms with Gasteiger partial charge in [-0.1, -0.05) is 41.9 Å². The average Bonchev–Trinajstić information content (AvgIpc) is 3.13. The zero-order chi connectivity index (χ0) is 24.5. The van der Waals surface area contributed by atoms with E-state index < -0.39 is 33.9 Å². The summed E-state index contributed by atoms with van der Waals surface area (Å²) in [6.07, 6.45) is -0.270. The molecule has 1 aliphatic rings. The van der Waals surface area contributed by atoms with Crippen LogP contribution in [0.2, 0.25) is 5.02 Å². The van der Waals surface area contributed by atoms with Gasteiger partial charge in [-0.3, -0.25) is 9.59 Å². The normalized spacial score (nSPS) is 17.3. The molecule has 1 saturated heterocycles. The number of carbonyl (C=O) groups is 2. The second kappa shape index (κ2) is 9.58. The van der Waals surface area contributed by atoms with E-state index in [1.807, 2.05) is 6.07 Å². The Hall–Kier alpha value is -3.20. The Morgan fingerprint density at radius 2 is 1.59 bits per heavy atom. The summed E-state index contributed by atoms with van der Waals surface area (Å²) in [5.41, 5.74) is 1.04. The van der Waals surface area contributed by atoms with Gasteiger partial charge in [0.15, 0.2) is 0 Å². The zero-order valence-corrected chi connectivity index (χ0v) is 20.2. The van der Waals surface area contributed by atoms with Crippen LogP contribution in [0.3, 0.4) is 0 Å². The number of hydrogen-bond acceptors (Lipinski definition) is 5. The third-order valence-corrected chi connectivity index (χ3v) is 8.06. The topological polar surface area (TPSA) is 84.0 Å². The van der Waals surface area contributed by atoms with Crippen LogP contribution in [-0.2, 0) is 19.6 Å². The number of methoxy groups -OCH3 is 1. The molecule has 0 aliphatic carbocycles. The number of hydrogen-bond donors (Lipinski definition) is 0. The standard InChI is InChI=1S/C25H23ClN2O5S/c1-17(18-6-4-3-5-7-18)28(34(31,32)22-14-12-21(33-2)13-15-22)23-16-24(29)27(25(23)30)20-10-8-19(26)9-11-20/h3-15,17,23H,16H2,1-2H3. The monoisotopic (exact) mass is 498 g/mol. The Morgan fingerprint density at radius 1 is 0.971 bits per heavy atom. The van der Waals surface area contributed by atoms with Crippen LogP contribution in [0, 0.1) is 0 Å². The molecule has 3 aromatic rings. The van der Waals surface area contributed by atoms with Gasteiger partial charge in [0, 0.05) is 11.1 Å². The number of imide groups is 1. The van der Waals surface area contributed by atoms with E-state index in [1.165, 1.54) is 19.2 Å². The fraction of sp³-hybridized carbons (Fsp3) is 0.200. The lowest BCUT2D eigenvalue weighted by molar-refractivity contribution is -0.122. The van der Waals surface area contributed by atoms with Crippen molar-refractivity contribution in [2.24, 2.45) is 0 Å². The molecule has 3 aromatic carbocycles. The number of ether oxygens (including phenoxy) is 1. The number of sulfonamides is 1. The summed E-state index contributed by atoms with van der Waals surface area (Å²) in [5, 5.41) is 0.459. The highest BCUT2D eigenvalue weighted by molar-refractivity contribution is 7.89. The SMILES string of the molecule is COc1ccc(S(=O)(=O)N(C2CC(=O)N(c3ccc(Cl)cc3)C2=O)C(C)c2ccccc2)cc1. The highest BCUT2D eigenvalue weighted by atomic mass is 35.5. The first-order valence-corrected chi connectivity index (χ1v) is 12.4. The van der Waals surface area contributed by atoms with Crippen LogP contribution in [-0.4, -0.2) is 37.7 Å². The lowest BCUT2D eigenvalue weighted by Crippen LogP contribution is -2.46. The predicted molar refractivity (Wildman–Crippen MR) is 129 cm³/mol. The number of rotatable bonds is 7. The van der Waals surface area contributed by atoms with Crippen molar-refractivity contribution in [2.75, 3.05) is 12.0 Å². The maximum atomic E-state index is 13.9. The maximum Gasteiger partial charge on any atom is 0.252 e. The molecule has 2 atom stereocenters. The highest BCUT2D eigenvalue weighted by Crippen LogP contribution is 2.36. The van der Waals surface area contributed by atoms with Gasteiger partial charge in [-0.2, -0.15) is 4.31 Å². The number of anilines is 1. The van der Waals surface area contributed by atoms with Gasteiger partial charge in [-0.25, -0.2) is 13.3 Å². The first-order chi connectivity index (χ1) is 16.2. The third kappa shape index (κ3) is 4.44. The molecule has 0 N–H and O–H groups in total. The summed E-state index contributed by atoms with van der Waals surface area (Å²) in [5.74, 6) is -0.581. The molecule has 176 valence electrons. The van der Waals surface area contributed by atoms with Crippen molar-refractivity contribution in [3.8, 4) is 5.75 Å². The minimum Gasteiger partial charge on any atom is -0.497 e. The third-order valence-electron chi connectivity index (χ3n) is 5.81. The largest absolute Gasteiger partial charge is 0.497 e. The van der Waals surface area contributed by atoms with Gasteiger partial charge in [0.2, 0.25) is 15.9 Å². The van der Waals surface area contributed by atoms with Crippen molar-refractivity contribution in [2.45, 2.75) is 30.3 Å². The van der Waals surface area contributed by atoms with Gasteiger partial charge in [-0.15, -0.1) is 0 Å². The molecule has 0 aromatic heterocycles. The van der Waals surface area contributed by atoms with Gasteiger partial charge in [0.25, 0.3) is 5.91 Å². The number of carbonyl (C=O) groups excluding carboxylic acids is 2. The predicted octanol–water partition coefficient (Wildman–Crippen LogP) is 4.43. The average molecular weight is 499 g/mol. The molecule has 34 heavy (non-hydrogen) atoms. The molecule has 1 aliphatic heterocycles. The highest BCUT2D eigenvalue weighted by Gasteiger charge is 2.48. The van der Waals surface area contributed by atoms with E-state index in [9.17, 15) is 18.0 Å². The molecule has 0 radical (unpaired) electrons. The van der Waals surface area contributed by atoms with E-state index in [4.69, 9.17) is 16.3 Å². The number of amides is 2. The second-order valence-electron chi connectivity index (χ2n) is 7.86. The van der Waals surface area contributed by atoms with Crippen LogP contribution >= 0.6 is 11.6 Å². The first-order valence-electron chi connectivity index (χ1n) is 10.6. The number of nitrogens with zero attached hydrogens (tertiary/aromatic N) is 2. The molecular formula is C25H23ClN2O5S. The van der Waals surface area contributed by atoms with Crippen LogP contribution < -0.4 is 9.64 Å². The van der Waals surface area contributed by atoms with Crippen molar-refractivity contribution in [3.63, 3.8) is 0 Å². The lowest BCUT2D eigenvalue weighted by Gasteiger charge is -2.32. The van der Waals surface area contributed by atoms with E-state index in [1.54, 1.807) is 67.6 Å². The molecule has 4 rings (SSSR count). The van der Waals surface area contributed by atoms with Crippen LogP contribution in [0.25, 0.3) is 0 Å². The van der Waals surface area contributed by atoms with Gasteiger partial charge in [-0.05, 0) is 61.0 Å². The minimum absolute atomic E-state index is 0.00118. The van der Waals surface area contributed by atoms with Crippen LogP contribution in [0.15, 0.2) is 83.8 Å². The van der Waals surface area contributed by atoms with E-state index in [2.05, 4.69) is 0 Å². The summed E-state index contributed by atoms with van der Waals surface area (Å²) in [6, 6.07) is 19.3. The lowest BCUT2D eigenvalue weighted by atomic mass is 10.1. The quantitative estimate of drug-likeness (QED) is 0.450. The zero-order valence-electron chi connectivity index (χ0n) is 18.6. The molecule has 7 nitrogen and oxygen atoms in total. The fourth-order valence-electron chi connectivity index (χ4n) is 4.07. The molecule has 2 amide bonds. The van der Waals surface area contributed by atoms with E-state index >= 15 is 0 Å². The van der Waals surface area contributed by atoms with Gasteiger partial charge >= 0.3 is 0 Å². The Balaban J connectivity index is 1.78. The summed E-state index contributed by atoms with van der Waals surface area (Å²) in [6.45, 7) is 1.71. The van der Waals surface area contributed by atoms with Gasteiger partial charge in [0.05, 0.1) is 24.1 Å². The molecule has 2 unspecified atom stereocenters. The van der Waals surface area contributed by atoms with Crippen molar-refractivity contribution in [1.29, 1.82) is 0 Å². The van der Waals surface area contributed by atoms with Crippen molar-refractivity contribution >= 4 is 39.1 Å². The maximum absolute atomic E-state index is 13.9. The van der Waals surface area contributed by atoms with Crippen LogP contribution in [0.4, 0.5) is 5.69 Å². The Kier molecular flexibility index (Phi) is 6.74.